The molecule has 15 heteroatoms. The van der Waals surface area contributed by atoms with Crippen molar-refractivity contribution in [2.24, 2.45) is 16.6 Å². The molecular weight excluding hydrogens is 407 g/mol. The fourth-order valence-electron chi connectivity index (χ4n) is 1.84. The molecule has 28 heavy (non-hydrogen) atoms. The van der Waals surface area contributed by atoms with Crippen molar-refractivity contribution in [1.29, 1.82) is 0 Å². The molecule has 0 unspecified atom stereocenters. The lowest BCUT2D eigenvalue weighted by Crippen LogP contribution is -2.46. The number of benzene rings is 1. The standard InChI is InChI=1S/C13H14F3N7O4S/c1-7-19-11(22-12(20-7)26-2)21-10(17)23(18)28(24,25)9-6-4-3-5-8(9)27-13(14,15)16/h3-6H,18H2,1-2H3,(H2,17,19,20,21,22). The molecule has 4 N–H and O–H groups in total. The fraction of sp³-hybridized carbons (Fsp3) is 0.231. The molecule has 0 amide bonds. The fourth-order valence-corrected chi connectivity index (χ4v) is 2.95. The molecule has 1 aromatic carbocycles. The van der Waals surface area contributed by atoms with Gasteiger partial charge in [0.15, 0.2) is 0 Å². The van der Waals surface area contributed by atoms with Gasteiger partial charge in [-0.15, -0.1) is 13.2 Å². The van der Waals surface area contributed by atoms with E-state index in [0.717, 1.165) is 18.2 Å². The van der Waals surface area contributed by atoms with E-state index in [-0.39, 0.29) is 22.2 Å². The highest BCUT2D eigenvalue weighted by Crippen LogP contribution is 2.30. The molecule has 0 atom stereocenters. The van der Waals surface area contributed by atoms with Crippen molar-refractivity contribution in [2.75, 3.05) is 7.11 Å². The van der Waals surface area contributed by atoms with Crippen LogP contribution in [0.15, 0.2) is 34.2 Å². The number of aromatic nitrogens is 3. The maximum atomic E-state index is 12.6. The molecule has 11 nitrogen and oxygen atoms in total. The van der Waals surface area contributed by atoms with Crippen molar-refractivity contribution in [3.63, 3.8) is 0 Å². The summed E-state index contributed by atoms with van der Waals surface area (Å²) in [5.74, 6) is 3.51. The minimum atomic E-state index is -5.12. The second-order valence-corrected chi connectivity index (χ2v) is 6.72. The number of hydrogen-bond donors (Lipinski definition) is 2. The first-order valence-corrected chi connectivity index (χ1v) is 8.63. The zero-order valence-corrected chi connectivity index (χ0v) is 15.2. The molecule has 0 bridgehead atoms. The van der Waals surface area contributed by atoms with Crippen molar-refractivity contribution < 1.29 is 31.1 Å². The number of sulfonamides is 1. The van der Waals surface area contributed by atoms with Crippen LogP contribution in [-0.4, -0.2) is 47.2 Å². The van der Waals surface area contributed by atoms with Gasteiger partial charge in [-0.2, -0.15) is 32.8 Å². The summed E-state index contributed by atoms with van der Waals surface area (Å²) in [6.07, 6.45) is -5.12. The molecule has 1 aromatic heterocycles. The third-order valence-corrected chi connectivity index (χ3v) is 4.55. The Bertz CT molecular complexity index is 998. The summed E-state index contributed by atoms with van der Waals surface area (Å²) in [7, 11) is -3.48. The van der Waals surface area contributed by atoms with E-state index in [4.69, 9.17) is 16.3 Å². The summed E-state index contributed by atoms with van der Waals surface area (Å²) in [5, 5.41) is 0. The molecule has 2 rings (SSSR count). The molecule has 1 heterocycles. The van der Waals surface area contributed by atoms with Crippen LogP contribution in [-0.2, 0) is 10.0 Å². The monoisotopic (exact) mass is 421 g/mol. The normalized spacial score (nSPS) is 12.6. The summed E-state index contributed by atoms with van der Waals surface area (Å²) in [5.41, 5.74) is 5.56. The molecule has 0 saturated heterocycles. The zero-order valence-electron chi connectivity index (χ0n) is 14.4. The number of guanidine groups is 1. The summed E-state index contributed by atoms with van der Waals surface area (Å²) < 4.78 is 71.2. The number of nitrogens with two attached hydrogens (primary N) is 2. The highest BCUT2D eigenvalue weighted by atomic mass is 32.2. The molecule has 0 saturated carbocycles. The molecule has 0 aliphatic rings. The van der Waals surface area contributed by atoms with Crippen molar-refractivity contribution in [1.82, 2.24) is 19.4 Å². The van der Waals surface area contributed by atoms with E-state index in [1.807, 2.05) is 0 Å². The predicted octanol–water partition coefficient (Wildman–Crippen LogP) is 0.598. The van der Waals surface area contributed by atoms with Crippen molar-refractivity contribution in [2.45, 2.75) is 18.2 Å². The molecule has 152 valence electrons. The van der Waals surface area contributed by atoms with Crippen LogP contribution in [0.4, 0.5) is 19.1 Å². The van der Waals surface area contributed by atoms with Crippen LogP contribution in [0.5, 0.6) is 11.8 Å². The second-order valence-electron chi connectivity index (χ2n) is 4.93. The number of alkyl halides is 3. The molecule has 0 aliphatic carbocycles. The van der Waals surface area contributed by atoms with Gasteiger partial charge < -0.3 is 15.2 Å². The number of methoxy groups -OCH3 is 1. The lowest BCUT2D eigenvalue weighted by atomic mass is 10.3. The number of rotatable bonds is 5. The summed E-state index contributed by atoms with van der Waals surface area (Å²) in [4.78, 5) is 14.1. The highest BCUT2D eigenvalue weighted by Gasteiger charge is 2.35. The summed E-state index contributed by atoms with van der Waals surface area (Å²) >= 11 is 0. The second kappa shape index (κ2) is 7.81. The maximum absolute atomic E-state index is 12.6. The van der Waals surface area contributed by atoms with Crippen molar-refractivity contribution in [3.8, 4) is 11.8 Å². The molecular formula is C13H14F3N7O4S. The Morgan fingerprint density at radius 1 is 1.21 bits per heavy atom. The van der Waals surface area contributed by atoms with Gasteiger partial charge in [-0.3, -0.25) is 0 Å². The number of aryl methyl sites for hydroxylation is 1. The largest absolute Gasteiger partial charge is 0.573 e. The maximum Gasteiger partial charge on any atom is 0.573 e. The Hall–Kier alpha value is -3.20. The minimum absolute atomic E-state index is 0.0306. The van der Waals surface area contributed by atoms with Crippen LogP contribution in [0.1, 0.15) is 5.82 Å². The first kappa shape index (κ1) is 21.1. The quantitative estimate of drug-likeness (QED) is 0.305. The van der Waals surface area contributed by atoms with Gasteiger partial charge in [-0.05, 0) is 19.1 Å². The first-order chi connectivity index (χ1) is 12.9. The number of hydrogen-bond acceptors (Lipinski definition) is 9. The van der Waals surface area contributed by atoms with Gasteiger partial charge in [-0.1, -0.05) is 12.1 Å². The summed E-state index contributed by atoms with van der Waals surface area (Å²) in [6, 6.07) is 3.88. The van der Waals surface area contributed by atoms with Gasteiger partial charge in [0.2, 0.25) is 5.96 Å². The SMILES string of the molecule is COc1nc(C)nc(N=C(N)N(N)S(=O)(=O)c2ccccc2OC(F)(F)F)n1. The van der Waals surface area contributed by atoms with Crippen molar-refractivity contribution >= 4 is 21.9 Å². The van der Waals surface area contributed by atoms with E-state index in [0.29, 0.717) is 0 Å². The number of hydrazine groups is 1. The van der Waals surface area contributed by atoms with Crippen LogP contribution >= 0.6 is 0 Å². The van der Waals surface area contributed by atoms with E-state index < -0.39 is 33.0 Å². The minimum Gasteiger partial charge on any atom is -0.467 e. The molecule has 0 fully saturated rings. The van der Waals surface area contributed by atoms with E-state index in [1.54, 1.807) is 0 Å². The Morgan fingerprint density at radius 3 is 2.46 bits per heavy atom. The zero-order chi connectivity index (χ0) is 21.1. The van der Waals surface area contributed by atoms with Crippen molar-refractivity contribution in [3.05, 3.63) is 30.1 Å². The predicted molar refractivity (Wildman–Crippen MR) is 88.7 cm³/mol. The van der Waals surface area contributed by atoms with Gasteiger partial charge in [0.1, 0.15) is 16.5 Å². The van der Waals surface area contributed by atoms with Gasteiger partial charge in [0.25, 0.3) is 16.0 Å². The smallest absolute Gasteiger partial charge is 0.467 e. The van der Waals surface area contributed by atoms with Crippen LogP contribution in [0.25, 0.3) is 0 Å². The molecule has 0 aliphatic heterocycles. The molecule has 0 spiro atoms. The van der Waals surface area contributed by atoms with Crippen LogP contribution in [0, 0.1) is 6.92 Å². The average Bonchev–Trinajstić information content (AvgIpc) is 2.59. The number of para-hydroxylation sites is 1. The third kappa shape index (κ3) is 4.95. The Morgan fingerprint density at radius 2 is 1.86 bits per heavy atom. The molecule has 2 aromatic rings. The summed E-state index contributed by atoms with van der Waals surface area (Å²) in [6.45, 7) is 1.49. The van der Waals surface area contributed by atoms with Crippen LogP contribution in [0.3, 0.4) is 0 Å². The van der Waals surface area contributed by atoms with E-state index in [1.165, 1.54) is 20.1 Å². The number of ether oxygens (including phenoxy) is 2. The van der Waals surface area contributed by atoms with E-state index >= 15 is 0 Å². The van der Waals surface area contributed by atoms with Gasteiger partial charge in [0.05, 0.1) is 7.11 Å². The lowest BCUT2D eigenvalue weighted by molar-refractivity contribution is -0.275. The Balaban J connectivity index is 2.43. The third-order valence-electron chi connectivity index (χ3n) is 2.95. The molecule has 0 radical (unpaired) electrons. The number of aliphatic imine (C=N–C) groups is 1. The highest BCUT2D eigenvalue weighted by molar-refractivity contribution is 7.89. The average molecular weight is 421 g/mol. The Labute approximate surface area is 156 Å². The van der Waals surface area contributed by atoms with Gasteiger partial charge >= 0.3 is 12.4 Å². The van der Waals surface area contributed by atoms with E-state index in [2.05, 4.69) is 24.7 Å². The van der Waals surface area contributed by atoms with Crippen LogP contribution < -0.4 is 21.1 Å². The van der Waals surface area contributed by atoms with Gasteiger partial charge in [-0.25, -0.2) is 5.84 Å². The van der Waals surface area contributed by atoms with Gasteiger partial charge in [0, 0.05) is 0 Å². The van der Waals surface area contributed by atoms with Crippen LogP contribution in [0.2, 0.25) is 0 Å². The lowest BCUT2D eigenvalue weighted by Gasteiger charge is -2.19. The topological polar surface area (TPSA) is 159 Å². The van der Waals surface area contributed by atoms with E-state index in [9.17, 15) is 21.6 Å². The number of nitrogens with zero attached hydrogens (tertiary/aromatic N) is 5. The first-order valence-electron chi connectivity index (χ1n) is 7.19. The Kier molecular flexibility index (Phi) is 5.89. The number of halogens is 3.